The summed E-state index contributed by atoms with van der Waals surface area (Å²) in [6.07, 6.45) is 1.75. The molecule has 0 bridgehead atoms. The van der Waals surface area contributed by atoms with Gasteiger partial charge in [0.15, 0.2) is 15.6 Å². The second kappa shape index (κ2) is 9.55. The maximum Gasteiger partial charge on any atom is 0.290 e. The molecule has 5 rings (SSSR count). The number of nitrogens with zero attached hydrogens (tertiary/aromatic N) is 1. The molecule has 0 radical (unpaired) electrons. The number of aryl methyl sites for hydroxylation is 2. The summed E-state index contributed by atoms with van der Waals surface area (Å²) in [5, 5.41) is 0. The van der Waals surface area contributed by atoms with Crippen LogP contribution >= 0.6 is 0 Å². The van der Waals surface area contributed by atoms with Crippen LogP contribution in [0.5, 0.6) is 0 Å². The predicted molar refractivity (Wildman–Crippen MR) is 135 cm³/mol. The summed E-state index contributed by atoms with van der Waals surface area (Å²) in [4.78, 5) is 15.8. The van der Waals surface area contributed by atoms with Crippen molar-refractivity contribution in [3.63, 3.8) is 0 Å². The minimum Gasteiger partial charge on any atom is -0.455 e. The molecule has 1 heterocycles. The van der Waals surface area contributed by atoms with Gasteiger partial charge in [0.1, 0.15) is 11.5 Å². The highest BCUT2D eigenvalue weighted by molar-refractivity contribution is 7.90. The van der Waals surface area contributed by atoms with Crippen LogP contribution in [0.2, 0.25) is 0 Å². The van der Waals surface area contributed by atoms with Gasteiger partial charge in [-0.2, -0.15) is 0 Å². The van der Waals surface area contributed by atoms with Gasteiger partial charge in [-0.25, -0.2) is 8.42 Å². The first-order valence-corrected chi connectivity index (χ1v) is 13.4. The van der Waals surface area contributed by atoms with Crippen molar-refractivity contribution in [2.75, 3.05) is 0 Å². The van der Waals surface area contributed by atoms with E-state index < -0.39 is 9.84 Å². The normalized spacial score (nSPS) is 15.1. The van der Waals surface area contributed by atoms with Crippen LogP contribution in [0.4, 0.5) is 0 Å². The lowest BCUT2D eigenvalue weighted by Gasteiger charge is -2.29. The van der Waals surface area contributed by atoms with Gasteiger partial charge in [0.2, 0.25) is 0 Å². The van der Waals surface area contributed by atoms with Gasteiger partial charge >= 0.3 is 0 Å². The van der Waals surface area contributed by atoms with E-state index in [0.29, 0.717) is 6.54 Å². The molecule has 178 valence electrons. The maximum absolute atomic E-state index is 13.7. The number of hydrogen-bond donors (Lipinski definition) is 0. The Hall–Kier alpha value is -3.64. The minimum atomic E-state index is -3.57. The lowest BCUT2D eigenvalue weighted by atomic mass is 10.0. The predicted octanol–water partition coefficient (Wildman–Crippen LogP) is 5.89. The van der Waals surface area contributed by atoms with Crippen LogP contribution in [0.25, 0.3) is 0 Å². The second-order valence-corrected chi connectivity index (χ2v) is 11.0. The SMILES string of the molecule is Cc1ccc(CN(C(=O)c2ccc(CS(=O)(=O)c3ccccc3)o2)C2CCc3ccccc32)cc1. The van der Waals surface area contributed by atoms with Crippen molar-refractivity contribution in [1.29, 1.82) is 0 Å². The molecule has 1 unspecified atom stereocenters. The van der Waals surface area contributed by atoms with Gasteiger partial charge in [0.05, 0.1) is 10.9 Å². The van der Waals surface area contributed by atoms with Gasteiger partial charge in [-0.1, -0.05) is 72.3 Å². The van der Waals surface area contributed by atoms with Crippen molar-refractivity contribution >= 4 is 15.7 Å². The van der Waals surface area contributed by atoms with Crippen molar-refractivity contribution in [3.05, 3.63) is 125 Å². The molecule has 0 saturated heterocycles. The first kappa shape index (κ1) is 23.1. The fourth-order valence-corrected chi connectivity index (χ4v) is 5.95. The summed E-state index contributed by atoms with van der Waals surface area (Å²) >= 11 is 0. The summed E-state index contributed by atoms with van der Waals surface area (Å²) in [6, 6.07) is 27.8. The highest BCUT2D eigenvalue weighted by atomic mass is 32.2. The summed E-state index contributed by atoms with van der Waals surface area (Å²) in [7, 11) is -3.57. The van der Waals surface area contributed by atoms with Crippen molar-refractivity contribution < 1.29 is 17.6 Å². The molecule has 0 saturated carbocycles. The van der Waals surface area contributed by atoms with E-state index in [9.17, 15) is 13.2 Å². The molecular weight excluding hydrogens is 458 g/mol. The third-order valence-electron chi connectivity index (χ3n) is 6.52. The molecule has 35 heavy (non-hydrogen) atoms. The lowest BCUT2D eigenvalue weighted by Crippen LogP contribution is -2.33. The standard InChI is InChI=1S/C29H27NO4S/c1-21-11-13-22(14-12-21)19-30(27-17-15-23-7-5-6-10-26(23)27)29(31)28-18-16-24(34-28)20-35(32,33)25-8-3-2-4-9-25/h2-14,16,18,27H,15,17,19-20H2,1H3. The number of carbonyl (C=O) groups is 1. The molecule has 6 heteroatoms. The van der Waals surface area contributed by atoms with E-state index in [-0.39, 0.29) is 34.1 Å². The first-order chi connectivity index (χ1) is 16.9. The Kier molecular flexibility index (Phi) is 6.31. The fraction of sp³-hybridized carbons (Fsp3) is 0.207. The third-order valence-corrected chi connectivity index (χ3v) is 8.17. The number of sulfone groups is 1. The molecule has 3 aromatic carbocycles. The molecule has 0 spiro atoms. The first-order valence-electron chi connectivity index (χ1n) is 11.7. The number of fused-ring (bicyclic) bond motifs is 1. The molecule has 1 aliphatic rings. The summed E-state index contributed by atoms with van der Waals surface area (Å²) in [5.74, 6) is -0.135. The smallest absolute Gasteiger partial charge is 0.290 e. The molecule has 0 fully saturated rings. The zero-order valence-corrected chi connectivity index (χ0v) is 20.4. The van der Waals surface area contributed by atoms with Crippen LogP contribution in [0, 0.1) is 6.92 Å². The average molecular weight is 486 g/mol. The van der Waals surface area contributed by atoms with E-state index in [1.54, 1.807) is 42.5 Å². The number of rotatable bonds is 7. The largest absolute Gasteiger partial charge is 0.455 e. The molecular formula is C29H27NO4S. The number of furan rings is 1. The van der Waals surface area contributed by atoms with Crippen LogP contribution < -0.4 is 0 Å². The Morgan fingerprint density at radius 1 is 0.914 bits per heavy atom. The minimum absolute atomic E-state index is 0.0680. The molecule has 0 aliphatic heterocycles. The van der Waals surface area contributed by atoms with Gasteiger partial charge in [-0.3, -0.25) is 4.79 Å². The molecule has 1 atom stereocenters. The van der Waals surface area contributed by atoms with Crippen LogP contribution in [-0.4, -0.2) is 19.2 Å². The molecule has 0 N–H and O–H groups in total. The van der Waals surface area contributed by atoms with Crippen LogP contribution in [-0.2, 0) is 28.6 Å². The Morgan fingerprint density at radius 3 is 2.40 bits per heavy atom. The maximum atomic E-state index is 13.7. The van der Waals surface area contributed by atoms with Gasteiger partial charge in [0.25, 0.3) is 5.91 Å². The fourth-order valence-electron chi connectivity index (χ4n) is 4.68. The van der Waals surface area contributed by atoms with Gasteiger partial charge in [-0.05, 0) is 60.7 Å². The second-order valence-electron chi connectivity index (χ2n) is 9.01. The van der Waals surface area contributed by atoms with Crippen molar-refractivity contribution in [2.45, 2.75) is 43.0 Å². The van der Waals surface area contributed by atoms with Crippen molar-refractivity contribution in [3.8, 4) is 0 Å². The summed E-state index contributed by atoms with van der Waals surface area (Å²) < 4.78 is 31.4. The van der Waals surface area contributed by atoms with Gasteiger partial charge in [0, 0.05) is 6.54 Å². The zero-order valence-electron chi connectivity index (χ0n) is 19.6. The van der Waals surface area contributed by atoms with E-state index in [2.05, 4.69) is 12.1 Å². The molecule has 1 aromatic heterocycles. The Morgan fingerprint density at radius 2 is 1.63 bits per heavy atom. The van der Waals surface area contributed by atoms with E-state index in [4.69, 9.17) is 4.42 Å². The van der Waals surface area contributed by atoms with Crippen LogP contribution in [0.3, 0.4) is 0 Å². The number of benzene rings is 3. The molecule has 1 aliphatic carbocycles. The summed E-state index contributed by atoms with van der Waals surface area (Å²) in [6.45, 7) is 2.48. The van der Waals surface area contributed by atoms with E-state index in [1.165, 1.54) is 5.56 Å². The van der Waals surface area contributed by atoms with Crippen LogP contribution in [0.1, 0.15) is 51.0 Å². The van der Waals surface area contributed by atoms with Crippen molar-refractivity contribution in [2.24, 2.45) is 0 Å². The van der Waals surface area contributed by atoms with E-state index in [1.807, 2.05) is 48.2 Å². The quantitative estimate of drug-likeness (QED) is 0.327. The Balaban J connectivity index is 1.43. The molecule has 1 amide bonds. The lowest BCUT2D eigenvalue weighted by molar-refractivity contribution is 0.0624. The number of carbonyl (C=O) groups excluding carboxylic acids is 1. The van der Waals surface area contributed by atoms with Gasteiger partial charge in [-0.15, -0.1) is 0 Å². The molecule has 4 aromatic rings. The number of hydrogen-bond acceptors (Lipinski definition) is 4. The summed E-state index contributed by atoms with van der Waals surface area (Å²) in [5.41, 5.74) is 4.61. The zero-order chi connectivity index (χ0) is 24.4. The Bertz CT molecular complexity index is 1440. The highest BCUT2D eigenvalue weighted by Gasteiger charge is 2.33. The number of amides is 1. The van der Waals surface area contributed by atoms with Gasteiger partial charge < -0.3 is 9.32 Å². The molecule has 5 nitrogen and oxygen atoms in total. The third kappa shape index (κ3) is 4.93. The highest BCUT2D eigenvalue weighted by Crippen LogP contribution is 2.37. The monoisotopic (exact) mass is 485 g/mol. The topological polar surface area (TPSA) is 67.6 Å². The average Bonchev–Trinajstić information content (AvgIpc) is 3.51. The van der Waals surface area contributed by atoms with Crippen LogP contribution in [0.15, 0.2) is 100 Å². The van der Waals surface area contributed by atoms with E-state index in [0.717, 1.165) is 29.5 Å². The Labute approximate surface area is 205 Å². The van der Waals surface area contributed by atoms with Crippen molar-refractivity contribution in [1.82, 2.24) is 4.90 Å². The van der Waals surface area contributed by atoms with E-state index >= 15 is 0 Å².